The quantitative estimate of drug-likeness (QED) is 0.201. The minimum atomic E-state index is 0.161. The lowest BCUT2D eigenvalue weighted by Gasteiger charge is -2.24. The van der Waals surface area contributed by atoms with Crippen LogP contribution in [0.15, 0.2) is 175 Å². The zero-order valence-corrected chi connectivity index (χ0v) is 26.8. The molecule has 0 aliphatic carbocycles. The summed E-state index contributed by atoms with van der Waals surface area (Å²) >= 11 is 0. The van der Waals surface area contributed by atoms with Crippen LogP contribution in [0.25, 0.3) is 66.1 Å². The van der Waals surface area contributed by atoms with Crippen molar-refractivity contribution in [1.29, 1.82) is 0 Å². The zero-order valence-electron chi connectivity index (χ0n) is 26.8. The van der Waals surface area contributed by atoms with Crippen molar-refractivity contribution in [3.63, 3.8) is 0 Å². The molecule has 0 spiro atoms. The molecule has 230 valence electrons. The second kappa shape index (κ2) is 11.6. The van der Waals surface area contributed by atoms with E-state index in [1.807, 2.05) is 0 Å². The van der Waals surface area contributed by atoms with Crippen LogP contribution in [0.5, 0.6) is 0 Å². The van der Waals surface area contributed by atoms with Crippen LogP contribution in [0, 0.1) is 0 Å². The fraction of sp³-hybridized carbons (Fsp3) is 0.0667. The van der Waals surface area contributed by atoms with Gasteiger partial charge in [0.25, 0.3) is 0 Å². The van der Waals surface area contributed by atoms with Crippen LogP contribution in [-0.2, 0) is 0 Å². The van der Waals surface area contributed by atoms with Gasteiger partial charge in [-0.05, 0) is 81.6 Å². The second-order valence-electron chi connectivity index (χ2n) is 12.7. The van der Waals surface area contributed by atoms with Crippen LogP contribution in [0.2, 0.25) is 0 Å². The van der Waals surface area contributed by atoms with Crippen LogP contribution < -0.4 is 10.6 Å². The summed E-state index contributed by atoms with van der Waals surface area (Å²) in [5, 5.41) is 12.1. The lowest BCUT2D eigenvalue weighted by Crippen LogP contribution is -2.30. The van der Waals surface area contributed by atoms with Gasteiger partial charge in [-0.3, -0.25) is 0 Å². The molecule has 0 bridgehead atoms. The predicted molar refractivity (Wildman–Crippen MR) is 203 cm³/mol. The van der Waals surface area contributed by atoms with Gasteiger partial charge in [-0.25, -0.2) is 0 Å². The van der Waals surface area contributed by atoms with Crippen LogP contribution >= 0.6 is 0 Å². The van der Waals surface area contributed by atoms with E-state index in [1.165, 1.54) is 77.2 Å². The maximum Gasteiger partial charge on any atom is 0.0712 e. The fourth-order valence-electron chi connectivity index (χ4n) is 7.37. The Hall–Kier alpha value is -6.06. The van der Waals surface area contributed by atoms with Gasteiger partial charge in [-0.2, -0.15) is 0 Å². The summed E-state index contributed by atoms with van der Waals surface area (Å²) in [5.74, 6) is 0. The number of fused-ring (bicyclic) bond motifs is 5. The number of aromatic nitrogens is 1. The number of benzene rings is 6. The first-order valence-corrected chi connectivity index (χ1v) is 16.7. The van der Waals surface area contributed by atoms with Gasteiger partial charge in [-0.15, -0.1) is 0 Å². The molecule has 2 N–H and O–H groups in total. The molecule has 0 saturated carbocycles. The molecule has 0 saturated heterocycles. The number of allylic oxidation sites excluding steroid dienone is 3. The van der Waals surface area contributed by atoms with E-state index in [1.54, 1.807) is 0 Å². The van der Waals surface area contributed by atoms with Crippen LogP contribution in [0.1, 0.15) is 12.5 Å². The van der Waals surface area contributed by atoms with Crippen molar-refractivity contribution in [2.75, 3.05) is 6.54 Å². The van der Waals surface area contributed by atoms with Crippen molar-refractivity contribution in [2.45, 2.75) is 13.0 Å². The predicted octanol–water partition coefficient (Wildman–Crippen LogP) is 10.6. The van der Waals surface area contributed by atoms with Gasteiger partial charge in [0.2, 0.25) is 0 Å². The topological polar surface area (TPSA) is 29.0 Å². The number of dihydropyridines is 2. The van der Waals surface area contributed by atoms with Crippen molar-refractivity contribution in [3.8, 4) is 27.9 Å². The smallest absolute Gasteiger partial charge is 0.0712 e. The van der Waals surface area contributed by atoms with E-state index in [2.05, 4.69) is 186 Å². The highest BCUT2D eigenvalue weighted by Gasteiger charge is 2.19. The van der Waals surface area contributed by atoms with Crippen molar-refractivity contribution in [2.24, 2.45) is 0 Å². The summed E-state index contributed by atoms with van der Waals surface area (Å²) in [4.78, 5) is 0. The van der Waals surface area contributed by atoms with Crippen LogP contribution in [0.4, 0.5) is 0 Å². The molecule has 48 heavy (non-hydrogen) atoms. The number of rotatable bonds is 5. The Morgan fingerprint density at radius 2 is 1.31 bits per heavy atom. The molecule has 3 heterocycles. The van der Waals surface area contributed by atoms with E-state index < -0.39 is 0 Å². The first-order valence-electron chi connectivity index (χ1n) is 16.7. The third-order valence-corrected chi connectivity index (χ3v) is 9.83. The Morgan fingerprint density at radius 3 is 2.10 bits per heavy atom. The molecule has 9 rings (SSSR count). The molecular weight excluding hydrogens is 583 g/mol. The lowest BCUT2D eigenvalue weighted by atomic mass is 9.96. The van der Waals surface area contributed by atoms with Gasteiger partial charge in [0.15, 0.2) is 0 Å². The first kappa shape index (κ1) is 28.2. The van der Waals surface area contributed by atoms with E-state index in [-0.39, 0.29) is 6.04 Å². The van der Waals surface area contributed by atoms with Crippen molar-refractivity contribution in [1.82, 2.24) is 15.2 Å². The van der Waals surface area contributed by atoms with Crippen molar-refractivity contribution in [3.05, 3.63) is 181 Å². The first-order chi connectivity index (χ1) is 23.7. The number of hydrogen-bond donors (Lipinski definition) is 2. The lowest BCUT2D eigenvalue weighted by molar-refractivity contribution is 0.757. The molecule has 0 radical (unpaired) electrons. The summed E-state index contributed by atoms with van der Waals surface area (Å²) in [6.45, 7) is 3.04. The maximum absolute atomic E-state index is 3.64. The molecule has 1 aromatic heterocycles. The Labute approximate surface area is 280 Å². The normalized spacial score (nSPS) is 15.9. The summed E-state index contributed by atoms with van der Waals surface area (Å²) in [7, 11) is 0. The van der Waals surface area contributed by atoms with E-state index in [0.717, 1.165) is 12.2 Å². The van der Waals surface area contributed by atoms with Gasteiger partial charge in [0.05, 0.1) is 17.1 Å². The molecule has 0 amide bonds. The molecule has 3 heteroatoms. The van der Waals surface area contributed by atoms with E-state index in [0.29, 0.717) is 0 Å². The largest absolute Gasteiger partial charge is 0.385 e. The molecule has 2 aliphatic rings. The summed E-state index contributed by atoms with van der Waals surface area (Å²) in [6.07, 6.45) is 11.1. The third kappa shape index (κ3) is 4.83. The molecule has 2 aliphatic heterocycles. The Bertz CT molecular complexity index is 2480. The van der Waals surface area contributed by atoms with Crippen molar-refractivity contribution < 1.29 is 0 Å². The number of para-hydroxylation sites is 1. The molecule has 1 unspecified atom stereocenters. The zero-order chi connectivity index (χ0) is 32.0. The highest BCUT2D eigenvalue weighted by atomic mass is 15.0. The monoisotopic (exact) mass is 617 g/mol. The van der Waals surface area contributed by atoms with Crippen LogP contribution in [-0.4, -0.2) is 17.2 Å². The average Bonchev–Trinajstić information content (AvgIpc) is 3.50. The van der Waals surface area contributed by atoms with Gasteiger partial charge in [-0.1, -0.05) is 127 Å². The number of nitrogens with one attached hydrogen (secondary N) is 2. The number of nitrogens with zero attached hydrogens (tertiary/aromatic N) is 1. The fourth-order valence-corrected chi connectivity index (χ4v) is 7.37. The standard InChI is InChI=1S/C45H35N3/c1-30-39(16-9-25-46-30)43-24-20-37(29-47-43)35-18-22-41-42-23-19-36-27-34(33-13-8-12-32(26-33)31-10-4-2-5-11-31)17-21-40(36)45(42)48(44(41)28-35)38-14-6-3-7-15-38/h2-24,26-29,43,46-47H,25H2,1H3. The Morgan fingerprint density at radius 1 is 0.604 bits per heavy atom. The number of hydrogen-bond acceptors (Lipinski definition) is 2. The third-order valence-electron chi connectivity index (χ3n) is 9.83. The molecule has 3 nitrogen and oxygen atoms in total. The van der Waals surface area contributed by atoms with Crippen LogP contribution in [0.3, 0.4) is 0 Å². The SMILES string of the molecule is CC1=C(C2C=CC(c3ccc4c5ccc6cc(-c7cccc(-c8ccccc8)c7)ccc6c5n(-c5ccccc5)c4c3)=CN2)C=CCN1. The molecular formula is C45H35N3. The van der Waals surface area contributed by atoms with Gasteiger partial charge < -0.3 is 15.2 Å². The minimum Gasteiger partial charge on any atom is -0.385 e. The van der Waals surface area contributed by atoms with E-state index in [4.69, 9.17) is 0 Å². The van der Waals surface area contributed by atoms with Gasteiger partial charge in [0.1, 0.15) is 0 Å². The summed E-state index contributed by atoms with van der Waals surface area (Å²) in [5.41, 5.74) is 13.4. The van der Waals surface area contributed by atoms with Gasteiger partial charge >= 0.3 is 0 Å². The van der Waals surface area contributed by atoms with E-state index >= 15 is 0 Å². The highest BCUT2D eigenvalue weighted by Crippen LogP contribution is 2.39. The minimum absolute atomic E-state index is 0.161. The van der Waals surface area contributed by atoms with E-state index in [9.17, 15) is 0 Å². The molecule has 7 aromatic rings. The average molecular weight is 618 g/mol. The molecule has 0 fully saturated rings. The molecule has 1 atom stereocenters. The molecule has 6 aromatic carbocycles. The second-order valence-corrected chi connectivity index (χ2v) is 12.7. The summed E-state index contributed by atoms with van der Waals surface area (Å²) in [6, 6.07) is 48.8. The van der Waals surface area contributed by atoms with Gasteiger partial charge in [0, 0.05) is 40.3 Å². The Kier molecular flexibility index (Phi) is 6.83. The highest BCUT2D eigenvalue weighted by molar-refractivity contribution is 6.19. The maximum atomic E-state index is 3.64. The van der Waals surface area contributed by atoms with Crippen molar-refractivity contribution >= 4 is 38.2 Å². The Balaban J connectivity index is 1.16. The summed E-state index contributed by atoms with van der Waals surface area (Å²) < 4.78 is 2.45.